The van der Waals surface area contributed by atoms with Crippen molar-refractivity contribution in [1.29, 1.82) is 5.26 Å². The molecule has 0 saturated heterocycles. The average Bonchev–Trinajstić information content (AvgIpc) is 3.47. The molecule has 0 radical (unpaired) electrons. The van der Waals surface area contributed by atoms with Crippen LogP contribution < -0.4 is 5.32 Å². The third-order valence-corrected chi connectivity index (χ3v) is 8.21. The molecule has 0 fully saturated rings. The van der Waals surface area contributed by atoms with E-state index in [1.54, 1.807) is 11.3 Å². The smallest absolute Gasteiger partial charge is 0.0991 e. The Morgan fingerprint density at radius 1 is 0.795 bits per heavy atom. The highest BCUT2D eigenvalue weighted by Crippen LogP contribution is 2.34. The molecule has 3 aromatic carbocycles. The SMILES string of the molecule is CN(CCCCCCNc1ccnc2ccccc12)Cc1ccc(-c2ccc(-c3ccc(C#N)cc3)s2)cc1. The van der Waals surface area contributed by atoms with Crippen molar-refractivity contribution in [2.24, 2.45) is 0 Å². The molecule has 0 aliphatic carbocycles. The Kier molecular flexibility index (Phi) is 9.01. The number of rotatable bonds is 12. The van der Waals surface area contributed by atoms with E-state index in [1.807, 2.05) is 36.5 Å². The second-order valence-corrected chi connectivity index (χ2v) is 11.1. The van der Waals surface area contributed by atoms with Gasteiger partial charge < -0.3 is 10.2 Å². The Balaban J connectivity index is 1.01. The number of pyridine rings is 1. The zero-order valence-electron chi connectivity index (χ0n) is 22.4. The van der Waals surface area contributed by atoms with Gasteiger partial charge in [-0.3, -0.25) is 4.98 Å². The van der Waals surface area contributed by atoms with Crippen molar-refractivity contribution in [3.63, 3.8) is 0 Å². The molecule has 0 atom stereocenters. The molecule has 2 aromatic heterocycles. The van der Waals surface area contributed by atoms with Gasteiger partial charge >= 0.3 is 0 Å². The minimum Gasteiger partial charge on any atom is -0.384 e. The van der Waals surface area contributed by atoms with Gasteiger partial charge in [0.2, 0.25) is 0 Å². The van der Waals surface area contributed by atoms with Gasteiger partial charge in [-0.05, 0) is 79.5 Å². The number of thiophene rings is 1. The van der Waals surface area contributed by atoms with Gasteiger partial charge in [0.25, 0.3) is 0 Å². The summed E-state index contributed by atoms with van der Waals surface area (Å²) in [4.78, 5) is 9.35. The minimum atomic E-state index is 0.694. The highest BCUT2D eigenvalue weighted by atomic mass is 32.1. The summed E-state index contributed by atoms with van der Waals surface area (Å²) in [5, 5.41) is 13.8. The first-order valence-corrected chi connectivity index (χ1v) is 14.5. The maximum absolute atomic E-state index is 9.02. The van der Waals surface area contributed by atoms with Crippen molar-refractivity contribution < 1.29 is 0 Å². The number of anilines is 1. The molecule has 0 saturated carbocycles. The first-order chi connectivity index (χ1) is 19.2. The average molecular weight is 531 g/mol. The number of unbranched alkanes of at least 4 members (excludes halogenated alkanes) is 3. The van der Waals surface area contributed by atoms with Crippen LogP contribution >= 0.6 is 11.3 Å². The predicted molar refractivity (Wildman–Crippen MR) is 165 cm³/mol. The monoisotopic (exact) mass is 530 g/mol. The number of fused-ring (bicyclic) bond motifs is 1. The molecule has 5 heteroatoms. The van der Waals surface area contributed by atoms with Gasteiger partial charge in [0.1, 0.15) is 0 Å². The quantitative estimate of drug-likeness (QED) is 0.164. The molecule has 0 aliphatic heterocycles. The van der Waals surface area contributed by atoms with Crippen LogP contribution in [0.3, 0.4) is 0 Å². The van der Waals surface area contributed by atoms with Crippen molar-refractivity contribution in [3.05, 3.63) is 108 Å². The third-order valence-electron chi connectivity index (χ3n) is 7.03. The number of hydrogen-bond acceptors (Lipinski definition) is 5. The molecular weight excluding hydrogens is 496 g/mol. The van der Waals surface area contributed by atoms with E-state index in [0.717, 1.165) is 30.7 Å². The highest BCUT2D eigenvalue weighted by Gasteiger charge is 2.07. The lowest BCUT2D eigenvalue weighted by Gasteiger charge is -2.17. The molecule has 0 bridgehead atoms. The summed E-state index contributed by atoms with van der Waals surface area (Å²) in [5.74, 6) is 0. The standard InChI is InChI=1S/C34H34N4S/c1-38(23-7-3-2-6-21-36-32-20-22-37-31-9-5-4-8-30(31)32)25-27-12-16-29(17-13-27)34-19-18-33(39-34)28-14-10-26(24-35)11-15-28/h4-5,8-20,22H,2-3,6-7,21,23,25H2,1H3,(H,36,37). The Hall–Kier alpha value is -3.98. The van der Waals surface area contributed by atoms with Crippen molar-refractivity contribution in [2.45, 2.75) is 32.2 Å². The minimum absolute atomic E-state index is 0.694. The fraction of sp³-hybridized carbons (Fsp3) is 0.235. The van der Waals surface area contributed by atoms with Crippen LogP contribution in [-0.4, -0.2) is 30.0 Å². The molecule has 2 heterocycles. The predicted octanol–water partition coefficient (Wildman–Crippen LogP) is 8.61. The van der Waals surface area contributed by atoms with E-state index in [-0.39, 0.29) is 0 Å². The van der Waals surface area contributed by atoms with Gasteiger partial charge in [-0.1, -0.05) is 67.4 Å². The molecule has 4 nitrogen and oxygen atoms in total. The van der Waals surface area contributed by atoms with E-state index < -0.39 is 0 Å². The van der Waals surface area contributed by atoms with E-state index in [1.165, 1.54) is 57.6 Å². The number of aromatic nitrogens is 1. The number of nitrogens with one attached hydrogen (secondary N) is 1. The lowest BCUT2D eigenvalue weighted by molar-refractivity contribution is 0.317. The van der Waals surface area contributed by atoms with E-state index in [2.05, 4.69) is 89.0 Å². The van der Waals surface area contributed by atoms with Crippen LogP contribution in [0.4, 0.5) is 5.69 Å². The summed E-state index contributed by atoms with van der Waals surface area (Å²) in [6.45, 7) is 3.08. The Morgan fingerprint density at radius 2 is 1.49 bits per heavy atom. The van der Waals surface area contributed by atoms with E-state index in [0.29, 0.717) is 5.56 Å². The molecule has 0 spiro atoms. The van der Waals surface area contributed by atoms with Crippen LogP contribution in [0.5, 0.6) is 0 Å². The first kappa shape index (κ1) is 26.6. The molecule has 0 amide bonds. The Morgan fingerprint density at radius 3 is 2.23 bits per heavy atom. The second kappa shape index (κ2) is 13.2. The summed E-state index contributed by atoms with van der Waals surface area (Å²) < 4.78 is 0. The second-order valence-electron chi connectivity index (χ2n) is 10.0. The van der Waals surface area contributed by atoms with Crippen LogP contribution in [0.2, 0.25) is 0 Å². The molecule has 39 heavy (non-hydrogen) atoms. The lowest BCUT2D eigenvalue weighted by Crippen LogP contribution is -2.19. The number of hydrogen-bond donors (Lipinski definition) is 1. The van der Waals surface area contributed by atoms with Crippen LogP contribution in [0.25, 0.3) is 31.8 Å². The van der Waals surface area contributed by atoms with Gasteiger partial charge in [0, 0.05) is 40.1 Å². The van der Waals surface area contributed by atoms with Crippen LogP contribution in [0.1, 0.15) is 36.8 Å². The van der Waals surface area contributed by atoms with Gasteiger partial charge in [-0.25, -0.2) is 0 Å². The maximum Gasteiger partial charge on any atom is 0.0991 e. The zero-order chi connectivity index (χ0) is 26.9. The molecule has 1 N–H and O–H groups in total. The summed E-state index contributed by atoms with van der Waals surface area (Å²) in [5.41, 5.74) is 6.66. The van der Waals surface area contributed by atoms with Crippen LogP contribution in [-0.2, 0) is 6.54 Å². The third kappa shape index (κ3) is 7.11. The summed E-state index contributed by atoms with van der Waals surface area (Å²) in [6, 6.07) is 33.7. The maximum atomic E-state index is 9.02. The summed E-state index contributed by atoms with van der Waals surface area (Å²) in [7, 11) is 2.22. The van der Waals surface area contributed by atoms with Gasteiger partial charge in [-0.15, -0.1) is 11.3 Å². The number of benzene rings is 3. The largest absolute Gasteiger partial charge is 0.384 e. The molecule has 0 unspecified atom stereocenters. The molecule has 5 aromatic rings. The first-order valence-electron chi connectivity index (χ1n) is 13.7. The molecule has 5 rings (SSSR count). The summed E-state index contributed by atoms with van der Waals surface area (Å²) in [6.07, 6.45) is 6.77. The van der Waals surface area contributed by atoms with E-state index >= 15 is 0 Å². The molecule has 0 aliphatic rings. The number of nitriles is 1. The number of nitrogens with zero attached hydrogens (tertiary/aromatic N) is 3. The summed E-state index contributed by atoms with van der Waals surface area (Å²) >= 11 is 1.79. The fourth-order valence-corrected chi connectivity index (χ4v) is 5.87. The van der Waals surface area contributed by atoms with Gasteiger partial charge in [-0.2, -0.15) is 5.26 Å². The van der Waals surface area contributed by atoms with Crippen molar-refractivity contribution in [3.8, 4) is 27.0 Å². The topological polar surface area (TPSA) is 52.0 Å². The fourth-order valence-electron chi connectivity index (χ4n) is 4.86. The van der Waals surface area contributed by atoms with Gasteiger partial charge in [0.15, 0.2) is 0 Å². The van der Waals surface area contributed by atoms with Crippen molar-refractivity contribution in [2.75, 3.05) is 25.5 Å². The van der Waals surface area contributed by atoms with Crippen molar-refractivity contribution in [1.82, 2.24) is 9.88 Å². The lowest BCUT2D eigenvalue weighted by atomic mass is 10.1. The normalized spacial score (nSPS) is 11.1. The van der Waals surface area contributed by atoms with Crippen LogP contribution in [0, 0.1) is 11.3 Å². The van der Waals surface area contributed by atoms with E-state index in [4.69, 9.17) is 5.26 Å². The molecular formula is C34H34N4S. The van der Waals surface area contributed by atoms with Gasteiger partial charge in [0.05, 0.1) is 17.1 Å². The van der Waals surface area contributed by atoms with E-state index in [9.17, 15) is 0 Å². The van der Waals surface area contributed by atoms with Crippen molar-refractivity contribution >= 4 is 27.9 Å². The highest BCUT2D eigenvalue weighted by molar-refractivity contribution is 7.18. The Labute approximate surface area is 235 Å². The zero-order valence-corrected chi connectivity index (χ0v) is 23.3. The van der Waals surface area contributed by atoms with Crippen LogP contribution in [0.15, 0.2) is 97.2 Å². The Bertz CT molecular complexity index is 1530. The molecule has 196 valence electrons. The number of para-hydroxylation sites is 1.